The molecular formula is C20H19F2N3O2S. The lowest BCUT2D eigenvalue weighted by Gasteiger charge is -2.08. The van der Waals surface area contributed by atoms with Crippen LogP contribution in [0.25, 0.3) is 0 Å². The molecule has 1 heterocycles. The summed E-state index contributed by atoms with van der Waals surface area (Å²) in [6, 6.07) is 16.1. The van der Waals surface area contributed by atoms with Gasteiger partial charge in [0.2, 0.25) is 0 Å². The van der Waals surface area contributed by atoms with Gasteiger partial charge in [0.05, 0.1) is 37.2 Å². The van der Waals surface area contributed by atoms with Gasteiger partial charge in [-0.3, -0.25) is 9.48 Å². The SMILES string of the molecule is O=C(Nc1cnn(CCOCc2ccccc2)c1)c1ccccc1SC(F)F. The fraction of sp³-hybridized carbons (Fsp3) is 0.200. The van der Waals surface area contributed by atoms with Gasteiger partial charge in [-0.2, -0.15) is 13.9 Å². The highest BCUT2D eigenvalue weighted by atomic mass is 32.2. The van der Waals surface area contributed by atoms with E-state index >= 15 is 0 Å². The first-order valence-electron chi connectivity index (χ1n) is 8.61. The van der Waals surface area contributed by atoms with Crippen LogP contribution in [0.15, 0.2) is 71.9 Å². The van der Waals surface area contributed by atoms with Gasteiger partial charge in [-0.25, -0.2) is 0 Å². The lowest BCUT2D eigenvalue weighted by molar-refractivity contribution is 0.102. The largest absolute Gasteiger partial charge is 0.375 e. The third kappa shape index (κ3) is 5.90. The standard InChI is InChI=1S/C20H19F2N3O2S/c21-20(22)28-18-9-5-4-8-17(18)19(26)24-16-12-23-25(13-16)10-11-27-14-15-6-2-1-3-7-15/h1-9,12-13,20H,10-11,14H2,(H,24,26). The van der Waals surface area contributed by atoms with Crippen molar-refractivity contribution < 1.29 is 18.3 Å². The highest BCUT2D eigenvalue weighted by Gasteiger charge is 2.15. The van der Waals surface area contributed by atoms with Gasteiger partial charge < -0.3 is 10.1 Å². The maximum atomic E-state index is 12.7. The number of alkyl halides is 2. The summed E-state index contributed by atoms with van der Waals surface area (Å²) in [5.74, 6) is -3.05. The number of amides is 1. The van der Waals surface area contributed by atoms with Crippen molar-refractivity contribution in [1.82, 2.24) is 9.78 Å². The number of ether oxygens (including phenoxy) is 1. The van der Waals surface area contributed by atoms with E-state index in [0.29, 0.717) is 37.2 Å². The van der Waals surface area contributed by atoms with E-state index < -0.39 is 11.7 Å². The molecule has 28 heavy (non-hydrogen) atoms. The molecule has 0 bridgehead atoms. The van der Waals surface area contributed by atoms with Gasteiger partial charge >= 0.3 is 0 Å². The molecule has 8 heteroatoms. The normalized spacial score (nSPS) is 11.0. The Morgan fingerprint density at radius 2 is 1.89 bits per heavy atom. The lowest BCUT2D eigenvalue weighted by atomic mass is 10.2. The first-order chi connectivity index (χ1) is 13.6. The zero-order chi connectivity index (χ0) is 19.8. The second-order valence-corrected chi connectivity index (χ2v) is 6.89. The molecule has 3 aromatic rings. The van der Waals surface area contributed by atoms with Crippen molar-refractivity contribution >= 4 is 23.4 Å². The van der Waals surface area contributed by atoms with Crippen molar-refractivity contribution in [2.75, 3.05) is 11.9 Å². The van der Waals surface area contributed by atoms with Gasteiger partial charge in [-0.15, -0.1) is 0 Å². The molecule has 0 aliphatic carbocycles. The maximum absolute atomic E-state index is 12.7. The Morgan fingerprint density at radius 1 is 1.14 bits per heavy atom. The van der Waals surface area contributed by atoms with E-state index in [1.54, 1.807) is 23.0 Å². The van der Waals surface area contributed by atoms with Crippen LogP contribution in [0.2, 0.25) is 0 Å². The van der Waals surface area contributed by atoms with E-state index in [2.05, 4.69) is 10.4 Å². The fourth-order valence-corrected chi connectivity index (χ4v) is 3.16. The lowest BCUT2D eigenvalue weighted by Crippen LogP contribution is -2.13. The Hall–Kier alpha value is -2.71. The molecule has 1 amide bonds. The van der Waals surface area contributed by atoms with Crippen molar-refractivity contribution in [3.8, 4) is 0 Å². The van der Waals surface area contributed by atoms with Crippen molar-refractivity contribution in [3.63, 3.8) is 0 Å². The highest BCUT2D eigenvalue weighted by molar-refractivity contribution is 7.99. The number of thioether (sulfide) groups is 1. The predicted molar refractivity (Wildman–Crippen MR) is 105 cm³/mol. The number of anilines is 1. The summed E-state index contributed by atoms with van der Waals surface area (Å²) in [5.41, 5.74) is 1.79. The van der Waals surface area contributed by atoms with Crippen molar-refractivity contribution in [2.24, 2.45) is 0 Å². The van der Waals surface area contributed by atoms with Crippen LogP contribution >= 0.6 is 11.8 Å². The smallest absolute Gasteiger partial charge is 0.288 e. The average molecular weight is 403 g/mol. The van der Waals surface area contributed by atoms with E-state index in [1.807, 2.05) is 30.3 Å². The van der Waals surface area contributed by atoms with Crippen LogP contribution < -0.4 is 5.32 Å². The number of rotatable bonds is 9. The molecule has 0 radical (unpaired) electrons. The quantitative estimate of drug-likeness (QED) is 0.417. The summed E-state index contributed by atoms with van der Waals surface area (Å²) in [4.78, 5) is 12.6. The van der Waals surface area contributed by atoms with E-state index in [-0.39, 0.29) is 10.5 Å². The number of hydrogen-bond donors (Lipinski definition) is 1. The molecule has 3 rings (SSSR count). The van der Waals surface area contributed by atoms with Crippen LogP contribution in [0.4, 0.5) is 14.5 Å². The molecule has 2 aromatic carbocycles. The molecule has 5 nitrogen and oxygen atoms in total. The number of carbonyl (C=O) groups excluding carboxylic acids is 1. The Morgan fingerprint density at radius 3 is 2.68 bits per heavy atom. The third-order valence-electron chi connectivity index (χ3n) is 3.82. The molecule has 1 N–H and O–H groups in total. The van der Waals surface area contributed by atoms with Gasteiger partial charge in [-0.1, -0.05) is 54.2 Å². The topological polar surface area (TPSA) is 56.2 Å². The maximum Gasteiger partial charge on any atom is 0.288 e. The highest BCUT2D eigenvalue weighted by Crippen LogP contribution is 2.28. The summed E-state index contributed by atoms with van der Waals surface area (Å²) in [5, 5.41) is 6.86. The number of benzene rings is 2. The zero-order valence-electron chi connectivity index (χ0n) is 14.9. The van der Waals surface area contributed by atoms with Crippen LogP contribution in [0.5, 0.6) is 0 Å². The Bertz CT molecular complexity index is 903. The van der Waals surface area contributed by atoms with Crippen LogP contribution in [0, 0.1) is 0 Å². The molecule has 0 aliphatic rings. The summed E-state index contributed by atoms with van der Waals surface area (Å²) in [6.07, 6.45) is 3.19. The number of carbonyl (C=O) groups is 1. The Balaban J connectivity index is 1.51. The first-order valence-corrected chi connectivity index (χ1v) is 9.49. The van der Waals surface area contributed by atoms with Crippen molar-refractivity contribution in [1.29, 1.82) is 0 Å². The fourth-order valence-electron chi connectivity index (χ4n) is 2.52. The van der Waals surface area contributed by atoms with Crippen LogP contribution in [-0.4, -0.2) is 28.1 Å². The first kappa shape index (κ1) is 20.0. The molecule has 0 aliphatic heterocycles. The molecule has 0 spiro atoms. The second-order valence-electron chi connectivity index (χ2n) is 5.86. The molecule has 0 atom stereocenters. The molecule has 146 valence electrons. The monoisotopic (exact) mass is 403 g/mol. The summed E-state index contributed by atoms with van der Waals surface area (Å²) < 4.78 is 32.6. The van der Waals surface area contributed by atoms with Crippen LogP contribution in [-0.2, 0) is 17.9 Å². The van der Waals surface area contributed by atoms with E-state index in [9.17, 15) is 13.6 Å². The summed E-state index contributed by atoms with van der Waals surface area (Å²) in [6.45, 7) is 1.52. The molecule has 1 aromatic heterocycles. The van der Waals surface area contributed by atoms with Crippen LogP contribution in [0.3, 0.4) is 0 Å². The number of nitrogens with zero attached hydrogens (tertiary/aromatic N) is 2. The van der Waals surface area contributed by atoms with Gasteiger partial charge in [0.25, 0.3) is 11.7 Å². The number of hydrogen-bond acceptors (Lipinski definition) is 4. The van der Waals surface area contributed by atoms with E-state index in [1.165, 1.54) is 18.3 Å². The van der Waals surface area contributed by atoms with Crippen molar-refractivity contribution in [2.45, 2.75) is 23.8 Å². The van der Waals surface area contributed by atoms with Gasteiger partial charge in [0.15, 0.2) is 0 Å². The molecule has 0 saturated heterocycles. The summed E-state index contributed by atoms with van der Waals surface area (Å²) >= 11 is 0.349. The predicted octanol–water partition coefficient (Wildman–Crippen LogP) is 4.67. The Kier molecular flexibility index (Phi) is 7.16. The van der Waals surface area contributed by atoms with Crippen molar-refractivity contribution in [3.05, 3.63) is 78.1 Å². The molecular weight excluding hydrogens is 384 g/mol. The molecule has 0 unspecified atom stereocenters. The Labute approximate surface area is 165 Å². The third-order valence-corrected chi connectivity index (χ3v) is 4.60. The second kappa shape index (κ2) is 10.0. The minimum Gasteiger partial charge on any atom is -0.375 e. The van der Waals surface area contributed by atoms with E-state index in [0.717, 1.165) is 5.56 Å². The average Bonchev–Trinajstić information content (AvgIpc) is 3.13. The zero-order valence-corrected chi connectivity index (χ0v) is 15.7. The van der Waals surface area contributed by atoms with Crippen LogP contribution in [0.1, 0.15) is 15.9 Å². The number of nitrogens with one attached hydrogen (secondary N) is 1. The summed E-state index contributed by atoms with van der Waals surface area (Å²) in [7, 11) is 0. The molecule has 0 fully saturated rings. The minimum absolute atomic E-state index is 0.201. The number of aromatic nitrogens is 2. The van der Waals surface area contributed by atoms with E-state index in [4.69, 9.17) is 4.74 Å². The van der Waals surface area contributed by atoms with Gasteiger partial charge in [0, 0.05) is 11.1 Å². The molecule has 0 saturated carbocycles. The van der Waals surface area contributed by atoms with Gasteiger partial charge in [0.1, 0.15) is 0 Å². The number of halogens is 2. The van der Waals surface area contributed by atoms with Gasteiger partial charge in [-0.05, 0) is 17.7 Å². The minimum atomic E-state index is -2.59.